The molecule has 0 amide bonds. The minimum atomic E-state index is -3.81. The third-order valence-electron chi connectivity index (χ3n) is 3.74. The van der Waals surface area contributed by atoms with Gasteiger partial charge in [-0.1, -0.05) is 27.7 Å². The van der Waals surface area contributed by atoms with E-state index in [0.717, 1.165) is 16.9 Å². The van der Waals surface area contributed by atoms with Crippen LogP contribution in [0.3, 0.4) is 0 Å². The standard InChI is InChI=1S/C17H25N5O4S2/c1-5-20-28(24,25)16-12(23)11(9-27-16)21-14(18)15(19)22-13(17(2,3)4)10-6-7-26-8-10/h6-9,13,20,23H,5H2,1-4H3,(H2,18,21)(H2,19,22)/t13-/m0/s1. The zero-order valence-electron chi connectivity index (χ0n) is 16.1. The van der Waals surface area contributed by atoms with Crippen molar-refractivity contribution in [2.24, 2.45) is 26.9 Å². The molecule has 0 aromatic carbocycles. The molecule has 0 spiro atoms. The van der Waals surface area contributed by atoms with E-state index in [1.165, 1.54) is 5.38 Å². The second kappa shape index (κ2) is 8.33. The summed E-state index contributed by atoms with van der Waals surface area (Å²) in [6.07, 6.45) is 3.13. The van der Waals surface area contributed by atoms with Crippen LogP contribution in [0.25, 0.3) is 0 Å². The van der Waals surface area contributed by atoms with E-state index in [-0.39, 0.29) is 39.6 Å². The number of rotatable bonds is 6. The van der Waals surface area contributed by atoms with Crippen LogP contribution in [0, 0.1) is 5.41 Å². The van der Waals surface area contributed by atoms with Gasteiger partial charge in [0, 0.05) is 17.5 Å². The van der Waals surface area contributed by atoms with Gasteiger partial charge in [0.05, 0.1) is 18.6 Å². The molecule has 2 aromatic heterocycles. The third-order valence-corrected chi connectivity index (χ3v) is 6.79. The summed E-state index contributed by atoms with van der Waals surface area (Å²) in [7, 11) is -3.81. The molecule has 0 aliphatic heterocycles. The first-order chi connectivity index (χ1) is 13.0. The molecule has 0 bridgehead atoms. The molecule has 2 aromatic rings. The number of amidine groups is 2. The van der Waals surface area contributed by atoms with Crippen LogP contribution in [0.4, 0.5) is 5.69 Å². The van der Waals surface area contributed by atoms with Crippen molar-refractivity contribution in [3.8, 4) is 5.75 Å². The van der Waals surface area contributed by atoms with Crippen molar-refractivity contribution in [2.75, 3.05) is 6.54 Å². The molecule has 1 atom stereocenters. The molecule has 0 fully saturated rings. The maximum absolute atomic E-state index is 12.1. The normalized spacial score (nSPS) is 15.0. The summed E-state index contributed by atoms with van der Waals surface area (Å²) in [5.74, 6) is -0.634. The first kappa shape index (κ1) is 21.9. The summed E-state index contributed by atoms with van der Waals surface area (Å²) in [4.78, 5) is 8.52. The number of nitrogens with one attached hydrogen (secondary N) is 1. The number of hydrogen-bond donors (Lipinski definition) is 4. The second-order valence-electron chi connectivity index (χ2n) is 7.09. The van der Waals surface area contributed by atoms with Crippen molar-refractivity contribution in [2.45, 2.75) is 37.9 Å². The van der Waals surface area contributed by atoms with Gasteiger partial charge in [-0.3, -0.25) is 4.99 Å². The number of sulfonamides is 1. The highest BCUT2D eigenvalue weighted by atomic mass is 32.2. The molecule has 0 unspecified atom stereocenters. The van der Waals surface area contributed by atoms with Crippen LogP contribution in [0.5, 0.6) is 5.75 Å². The average molecular weight is 428 g/mol. The van der Waals surface area contributed by atoms with Crippen LogP contribution in [0.2, 0.25) is 0 Å². The quantitative estimate of drug-likeness (QED) is 0.410. The lowest BCUT2D eigenvalue weighted by atomic mass is 9.84. The molecule has 2 rings (SSSR count). The van der Waals surface area contributed by atoms with E-state index in [0.29, 0.717) is 0 Å². The molecule has 154 valence electrons. The van der Waals surface area contributed by atoms with Crippen LogP contribution in [-0.4, -0.2) is 31.7 Å². The van der Waals surface area contributed by atoms with Crippen molar-refractivity contribution >= 4 is 38.7 Å². The Labute approximate surface area is 168 Å². The predicted molar refractivity (Wildman–Crippen MR) is 111 cm³/mol. The number of aliphatic imine (C=N–C) groups is 2. The Balaban J connectivity index is 2.37. The molecular weight excluding hydrogens is 402 g/mol. The number of furan rings is 1. The molecule has 0 saturated heterocycles. The number of thiophene rings is 1. The first-order valence-corrected chi connectivity index (χ1v) is 10.8. The average Bonchev–Trinajstić information content (AvgIpc) is 3.22. The Morgan fingerprint density at radius 3 is 2.57 bits per heavy atom. The Hall–Kier alpha value is -2.37. The third kappa shape index (κ3) is 4.91. The Morgan fingerprint density at radius 2 is 2.04 bits per heavy atom. The summed E-state index contributed by atoms with van der Waals surface area (Å²) in [5, 5.41) is 11.6. The lowest BCUT2D eigenvalue weighted by Crippen LogP contribution is -2.33. The number of nitrogens with zero attached hydrogens (tertiary/aromatic N) is 2. The molecule has 0 radical (unpaired) electrons. The lowest BCUT2D eigenvalue weighted by molar-refractivity contribution is 0.327. The van der Waals surface area contributed by atoms with Gasteiger partial charge in [0.2, 0.25) is 0 Å². The van der Waals surface area contributed by atoms with Crippen LogP contribution in [-0.2, 0) is 10.0 Å². The van der Waals surface area contributed by atoms with Gasteiger partial charge in [-0.05, 0) is 11.5 Å². The summed E-state index contributed by atoms with van der Waals surface area (Å²) < 4.78 is 31.4. The van der Waals surface area contributed by atoms with E-state index in [4.69, 9.17) is 15.9 Å². The van der Waals surface area contributed by atoms with Gasteiger partial charge < -0.3 is 21.0 Å². The highest BCUT2D eigenvalue weighted by molar-refractivity contribution is 7.91. The molecule has 28 heavy (non-hydrogen) atoms. The molecule has 6 N–H and O–H groups in total. The Bertz CT molecular complexity index is 970. The van der Waals surface area contributed by atoms with Crippen molar-refractivity contribution in [1.29, 1.82) is 0 Å². The monoisotopic (exact) mass is 427 g/mol. The smallest absolute Gasteiger partial charge is 0.253 e. The SMILES string of the molecule is CCNS(=O)(=O)c1scc(N=C(N)C(N)=N[C@@H](c2ccoc2)C(C)(C)C)c1O. The van der Waals surface area contributed by atoms with Crippen molar-refractivity contribution < 1.29 is 17.9 Å². The van der Waals surface area contributed by atoms with E-state index in [9.17, 15) is 13.5 Å². The fourth-order valence-electron chi connectivity index (χ4n) is 2.44. The van der Waals surface area contributed by atoms with Gasteiger partial charge in [0.1, 0.15) is 5.69 Å². The van der Waals surface area contributed by atoms with E-state index < -0.39 is 15.8 Å². The van der Waals surface area contributed by atoms with Crippen LogP contribution >= 0.6 is 11.3 Å². The summed E-state index contributed by atoms with van der Waals surface area (Å²) in [6.45, 7) is 7.83. The molecule has 0 saturated carbocycles. The summed E-state index contributed by atoms with van der Waals surface area (Å²) in [6, 6.07) is 1.46. The van der Waals surface area contributed by atoms with Crippen molar-refractivity contribution in [3.63, 3.8) is 0 Å². The van der Waals surface area contributed by atoms with Gasteiger partial charge >= 0.3 is 0 Å². The summed E-state index contributed by atoms with van der Waals surface area (Å²) in [5.41, 5.74) is 12.5. The van der Waals surface area contributed by atoms with Crippen LogP contribution < -0.4 is 16.2 Å². The first-order valence-electron chi connectivity index (χ1n) is 8.47. The molecule has 2 heterocycles. The number of aromatic hydroxyl groups is 1. The largest absolute Gasteiger partial charge is 0.504 e. The summed E-state index contributed by atoms with van der Waals surface area (Å²) >= 11 is 0.837. The van der Waals surface area contributed by atoms with Gasteiger partial charge in [-0.25, -0.2) is 18.1 Å². The van der Waals surface area contributed by atoms with E-state index in [2.05, 4.69) is 14.7 Å². The van der Waals surface area contributed by atoms with Gasteiger partial charge in [-0.2, -0.15) is 0 Å². The van der Waals surface area contributed by atoms with E-state index in [1.54, 1.807) is 25.5 Å². The maximum atomic E-state index is 12.1. The van der Waals surface area contributed by atoms with E-state index in [1.807, 2.05) is 20.8 Å². The van der Waals surface area contributed by atoms with Gasteiger partial charge in [0.15, 0.2) is 21.6 Å². The topological polar surface area (TPSA) is 156 Å². The van der Waals surface area contributed by atoms with Gasteiger partial charge in [-0.15, -0.1) is 11.3 Å². The highest BCUT2D eigenvalue weighted by Gasteiger charge is 2.28. The fraction of sp³-hybridized carbons (Fsp3) is 0.412. The van der Waals surface area contributed by atoms with Gasteiger partial charge in [0.25, 0.3) is 10.0 Å². The number of hydrogen-bond acceptors (Lipinski definition) is 7. The Kier molecular flexibility index (Phi) is 6.52. The molecular formula is C17H25N5O4S2. The fourth-order valence-corrected chi connectivity index (χ4v) is 4.74. The molecule has 0 aliphatic rings. The Morgan fingerprint density at radius 1 is 1.36 bits per heavy atom. The zero-order valence-corrected chi connectivity index (χ0v) is 17.8. The minimum absolute atomic E-state index is 0.00717. The minimum Gasteiger partial charge on any atom is -0.504 e. The molecule has 0 aliphatic carbocycles. The maximum Gasteiger partial charge on any atom is 0.253 e. The number of nitrogens with two attached hydrogens (primary N) is 2. The van der Waals surface area contributed by atoms with Crippen molar-refractivity contribution in [1.82, 2.24) is 4.72 Å². The molecule has 11 heteroatoms. The van der Waals surface area contributed by atoms with E-state index >= 15 is 0 Å². The zero-order chi connectivity index (χ0) is 21.1. The predicted octanol–water partition coefficient (Wildman–Crippen LogP) is 2.48. The van der Waals surface area contributed by atoms with Crippen LogP contribution in [0.1, 0.15) is 39.3 Å². The van der Waals surface area contributed by atoms with Crippen LogP contribution in [0.15, 0.2) is 42.6 Å². The highest BCUT2D eigenvalue weighted by Crippen LogP contribution is 2.39. The molecule has 9 nitrogen and oxygen atoms in total. The van der Waals surface area contributed by atoms with Crippen molar-refractivity contribution in [3.05, 3.63) is 29.5 Å². The second-order valence-corrected chi connectivity index (χ2v) is 9.94. The lowest BCUT2D eigenvalue weighted by Gasteiger charge is -2.26.